The van der Waals surface area contributed by atoms with E-state index in [4.69, 9.17) is 24.4 Å². The topological polar surface area (TPSA) is 107 Å². The first-order valence-electron chi connectivity index (χ1n) is 17.5. The van der Waals surface area contributed by atoms with Gasteiger partial charge in [0.15, 0.2) is 17.5 Å². The molecule has 1 atom stereocenters. The predicted molar refractivity (Wildman–Crippen MR) is 192 cm³/mol. The summed E-state index contributed by atoms with van der Waals surface area (Å²) in [7, 11) is 0. The molecule has 0 radical (unpaired) electrons. The lowest BCUT2D eigenvalue weighted by molar-refractivity contribution is -0.291. The van der Waals surface area contributed by atoms with Gasteiger partial charge < -0.3 is 14.6 Å². The summed E-state index contributed by atoms with van der Waals surface area (Å²) in [5.41, 5.74) is 6.68. The minimum Gasteiger partial charge on any atom is -0.507 e. The van der Waals surface area contributed by atoms with Crippen LogP contribution in [0.2, 0.25) is 0 Å². The molecular weight excluding hydrogens is 602 g/mol. The van der Waals surface area contributed by atoms with Crippen LogP contribution in [-0.4, -0.2) is 51.2 Å². The van der Waals surface area contributed by atoms with Gasteiger partial charge in [-0.05, 0) is 57.4 Å². The number of ether oxygens (including phenoxy) is 2. The molecular formula is C40H53N3O5. The summed E-state index contributed by atoms with van der Waals surface area (Å²) in [6.07, 6.45) is 12.0. The average molecular weight is 656 g/mol. The number of nitrogens with zero attached hydrogens (tertiary/aromatic N) is 3. The third-order valence-corrected chi connectivity index (χ3v) is 8.62. The number of hydrogen-bond acceptors (Lipinski definition) is 8. The number of aryl methyl sites for hydroxylation is 4. The fourth-order valence-electron chi connectivity index (χ4n) is 5.86. The van der Waals surface area contributed by atoms with E-state index in [0.717, 1.165) is 46.2 Å². The van der Waals surface area contributed by atoms with Crippen molar-refractivity contribution in [2.75, 3.05) is 19.8 Å². The monoisotopic (exact) mass is 655 g/mol. The third kappa shape index (κ3) is 11.1. The Labute approximate surface area is 286 Å². The molecule has 0 aliphatic carbocycles. The molecule has 0 fully saturated rings. The Morgan fingerprint density at radius 2 is 1.10 bits per heavy atom. The van der Waals surface area contributed by atoms with Crippen molar-refractivity contribution in [3.63, 3.8) is 0 Å². The van der Waals surface area contributed by atoms with Crippen LogP contribution in [0.4, 0.5) is 0 Å². The van der Waals surface area contributed by atoms with Gasteiger partial charge in [-0.3, -0.25) is 5.26 Å². The Morgan fingerprint density at radius 3 is 1.60 bits per heavy atom. The minimum atomic E-state index is -0.654. The second-order valence-corrected chi connectivity index (χ2v) is 12.9. The lowest BCUT2D eigenvalue weighted by Crippen LogP contribution is -2.26. The van der Waals surface area contributed by atoms with Gasteiger partial charge in [-0.2, -0.15) is 0 Å². The molecule has 1 unspecified atom stereocenters. The van der Waals surface area contributed by atoms with Crippen LogP contribution in [0.3, 0.4) is 0 Å². The van der Waals surface area contributed by atoms with E-state index in [1.54, 1.807) is 12.1 Å². The van der Waals surface area contributed by atoms with E-state index in [0.29, 0.717) is 35.4 Å². The number of phenols is 1. The normalized spacial score (nSPS) is 12.0. The molecule has 0 bridgehead atoms. The minimum absolute atomic E-state index is 0.0319. The zero-order chi connectivity index (χ0) is 34.3. The highest BCUT2D eigenvalue weighted by Gasteiger charge is 2.18. The Kier molecular flexibility index (Phi) is 14.8. The van der Waals surface area contributed by atoms with Gasteiger partial charge in [0, 0.05) is 23.8 Å². The summed E-state index contributed by atoms with van der Waals surface area (Å²) in [5, 5.41) is 20.5. The quantitative estimate of drug-likeness (QED) is 0.0550. The molecule has 0 aliphatic rings. The number of phenolic OH excluding ortho intramolecular Hbond substituents is 1. The molecule has 8 nitrogen and oxygen atoms in total. The van der Waals surface area contributed by atoms with Crippen molar-refractivity contribution in [1.29, 1.82) is 0 Å². The summed E-state index contributed by atoms with van der Waals surface area (Å²) in [4.78, 5) is 19.1. The number of hydrogen-bond donors (Lipinski definition) is 2. The van der Waals surface area contributed by atoms with Crippen molar-refractivity contribution in [1.82, 2.24) is 15.0 Å². The van der Waals surface area contributed by atoms with Crippen LogP contribution >= 0.6 is 0 Å². The molecule has 4 rings (SSSR count). The van der Waals surface area contributed by atoms with E-state index >= 15 is 0 Å². The van der Waals surface area contributed by atoms with Crippen LogP contribution < -0.4 is 4.74 Å². The zero-order valence-corrected chi connectivity index (χ0v) is 29.4. The summed E-state index contributed by atoms with van der Waals surface area (Å²) < 4.78 is 11.6. The molecule has 0 spiro atoms. The van der Waals surface area contributed by atoms with Gasteiger partial charge >= 0.3 is 0 Å². The zero-order valence-electron chi connectivity index (χ0n) is 29.4. The smallest absolute Gasteiger partial charge is 0.167 e. The maximum atomic E-state index is 11.1. The van der Waals surface area contributed by atoms with E-state index in [2.05, 4.69) is 37.8 Å². The van der Waals surface area contributed by atoms with Crippen LogP contribution in [0, 0.1) is 27.7 Å². The number of aromatic hydroxyl groups is 1. The highest BCUT2D eigenvalue weighted by molar-refractivity contribution is 5.72. The summed E-state index contributed by atoms with van der Waals surface area (Å²) in [6.45, 7) is 11.3. The molecule has 4 aromatic rings. The van der Waals surface area contributed by atoms with Crippen LogP contribution in [0.15, 0.2) is 54.6 Å². The fourth-order valence-corrected chi connectivity index (χ4v) is 5.86. The van der Waals surface area contributed by atoms with Crippen LogP contribution in [0.1, 0.15) is 93.4 Å². The van der Waals surface area contributed by atoms with Crippen molar-refractivity contribution >= 4 is 0 Å². The highest BCUT2D eigenvalue weighted by Crippen LogP contribution is 2.34. The molecule has 0 aliphatic heterocycles. The van der Waals surface area contributed by atoms with Gasteiger partial charge in [0.2, 0.25) is 0 Å². The van der Waals surface area contributed by atoms with Crippen LogP contribution in [0.25, 0.3) is 34.2 Å². The van der Waals surface area contributed by atoms with Crippen molar-refractivity contribution in [3.8, 4) is 45.7 Å². The van der Waals surface area contributed by atoms with Gasteiger partial charge in [0.25, 0.3) is 0 Å². The largest absolute Gasteiger partial charge is 0.507 e. The average Bonchev–Trinajstić information content (AvgIpc) is 3.06. The Morgan fingerprint density at radius 1 is 0.604 bits per heavy atom. The Bertz CT molecular complexity index is 1520. The predicted octanol–water partition coefficient (Wildman–Crippen LogP) is 9.99. The van der Waals surface area contributed by atoms with Crippen molar-refractivity contribution in [3.05, 3.63) is 76.9 Å². The number of rotatable bonds is 20. The molecule has 0 amide bonds. The lowest BCUT2D eigenvalue weighted by Gasteiger charge is -2.16. The molecule has 1 aromatic heterocycles. The molecule has 258 valence electrons. The first-order chi connectivity index (χ1) is 23.3. The van der Waals surface area contributed by atoms with Crippen molar-refractivity contribution in [2.24, 2.45) is 0 Å². The van der Waals surface area contributed by atoms with E-state index < -0.39 is 6.10 Å². The van der Waals surface area contributed by atoms with Gasteiger partial charge in [0.1, 0.15) is 24.2 Å². The SMILES string of the molecule is CCCCCCCCCCCCOCC(COc1ccc(-c2nc(-c3ccc(C)cc3C)nc(-c3ccc(C)cc3C)n2)c(O)c1)OO. The number of unbranched alkanes of at least 4 members (excludes halogenated alkanes) is 9. The van der Waals surface area contributed by atoms with Crippen molar-refractivity contribution in [2.45, 2.75) is 105 Å². The van der Waals surface area contributed by atoms with Crippen LogP contribution in [0.5, 0.6) is 11.5 Å². The maximum Gasteiger partial charge on any atom is 0.167 e. The molecule has 8 heteroatoms. The van der Waals surface area contributed by atoms with Gasteiger partial charge in [-0.25, -0.2) is 19.8 Å². The molecule has 48 heavy (non-hydrogen) atoms. The third-order valence-electron chi connectivity index (χ3n) is 8.62. The van der Waals surface area contributed by atoms with Crippen molar-refractivity contribution < 1.29 is 24.7 Å². The fraction of sp³-hybridized carbons (Fsp3) is 0.475. The number of benzene rings is 3. The second-order valence-electron chi connectivity index (χ2n) is 12.9. The molecule has 1 heterocycles. The molecule has 2 N–H and O–H groups in total. The Balaban J connectivity index is 1.37. The summed E-state index contributed by atoms with van der Waals surface area (Å²) in [6, 6.07) is 17.3. The van der Waals surface area contributed by atoms with Gasteiger partial charge in [-0.1, -0.05) is 112 Å². The standard InChI is InChI=1S/C40H53N3O5/c1-6-7-8-9-10-11-12-13-14-15-22-46-26-33(48-45)27-47-32-18-21-36(37(44)25-32)40-42-38(34-19-16-28(2)23-30(34)4)41-39(43-40)35-20-17-29(3)24-31(35)5/h16-21,23-25,33,44-45H,6-15,22,26-27H2,1-5H3. The maximum absolute atomic E-state index is 11.1. The first kappa shape index (κ1) is 37.0. The lowest BCUT2D eigenvalue weighted by atomic mass is 10.0. The van der Waals surface area contributed by atoms with E-state index in [9.17, 15) is 10.4 Å². The summed E-state index contributed by atoms with van der Waals surface area (Å²) in [5.74, 6) is 1.82. The molecule has 3 aromatic carbocycles. The van der Waals surface area contributed by atoms with Crippen LogP contribution in [-0.2, 0) is 9.62 Å². The molecule has 0 saturated heterocycles. The first-order valence-corrected chi connectivity index (χ1v) is 17.5. The number of aromatic nitrogens is 3. The molecule has 0 saturated carbocycles. The Hall–Kier alpha value is -3.85. The summed E-state index contributed by atoms with van der Waals surface area (Å²) >= 11 is 0. The second kappa shape index (κ2) is 19.2. The van der Waals surface area contributed by atoms with Gasteiger partial charge in [-0.15, -0.1) is 0 Å². The van der Waals surface area contributed by atoms with E-state index in [-0.39, 0.29) is 19.0 Å². The van der Waals surface area contributed by atoms with E-state index in [1.165, 1.54) is 57.4 Å². The highest BCUT2D eigenvalue weighted by atomic mass is 17.1. The van der Waals surface area contributed by atoms with E-state index in [1.807, 2.05) is 38.1 Å². The van der Waals surface area contributed by atoms with Gasteiger partial charge in [0.05, 0.1) is 12.2 Å².